The van der Waals surface area contributed by atoms with Gasteiger partial charge in [0.15, 0.2) is 5.69 Å². The summed E-state index contributed by atoms with van der Waals surface area (Å²) < 4.78 is 4.88. The van der Waals surface area contributed by atoms with E-state index in [0.717, 1.165) is 5.56 Å². The van der Waals surface area contributed by atoms with Crippen LogP contribution in [0.15, 0.2) is 28.8 Å². The summed E-state index contributed by atoms with van der Waals surface area (Å²) in [7, 11) is 0. The van der Waals surface area contributed by atoms with Gasteiger partial charge in [-0.2, -0.15) is 0 Å². The lowest BCUT2D eigenvalue weighted by atomic mass is 10.0. The summed E-state index contributed by atoms with van der Waals surface area (Å²) in [6, 6.07) is 6.84. The molecule has 82 valence electrons. The minimum absolute atomic E-state index is 0.0835. The molecule has 0 saturated heterocycles. The number of carboxylic acids is 1. The topological polar surface area (TPSA) is 63.3 Å². The monoisotopic (exact) mass is 237 g/mol. The lowest BCUT2D eigenvalue weighted by Gasteiger charge is -1.99. The second kappa shape index (κ2) is 3.98. The molecule has 0 radical (unpaired) electrons. The van der Waals surface area contributed by atoms with Gasteiger partial charge in [0.1, 0.15) is 5.76 Å². The standard InChI is InChI=1S/C11H8ClNO3/c1-6-9(10(11(14)15)13-16-6)7-2-4-8(12)5-3-7/h2-5H,1H3,(H,14,15). The molecule has 0 unspecified atom stereocenters. The van der Waals surface area contributed by atoms with E-state index in [9.17, 15) is 4.79 Å². The summed E-state index contributed by atoms with van der Waals surface area (Å²) in [6.07, 6.45) is 0. The molecule has 0 bridgehead atoms. The molecule has 0 spiro atoms. The molecule has 4 nitrogen and oxygen atoms in total. The van der Waals surface area contributed by atoms with E-state index in [-0.39, 0.29) is 5.69 Å². The number of carbonyl (C=O) groups is 1. The Morgan fingerprint density at radius 1 is 1.38 bits per heavy atom. The van der Waals surface area contributed by atoms with Crippen molar-refractivity contribution in [1.82, 2.24) is 5.16 Å². The molecule has 1 heterocycles. The maximum Gasteiger partial charge on any atom is 0.358 e. The van der Waals surface area contributed by atoms with E-state index in [1.54, 1.807) is 31.2 Å². The molecule has 2 aromatic rings. The first-order valence-corrected chi connectivity index (χ1v) is 4.93. The van der Waals surface area contributed by atoms with Gasteiger partial charge in [0, 0.05) is 5.02 Å². The van der Waals surface area contributed by atoms with Crippen molar-refractivity contribution in [1.29, 1.82) is 0 Å². The number of aromatic nitrogens is 1. The molecule has 0 aliphatic carbocycles. The van der Waals surface area contributed by atoms with Crippen LogP contribution in [0, 0.1) is 6.92 Å². The number of carboxylic acid groups (broad SMARTS) is 1. The van der Waals surface area contributed by atoms with E-state index in [1.165, 1.54) is 0 Å². The van der Waals surface area contributed by atoms with Gasteiger partial charge in [0.2, 0.25) is 0 Å². The maximum absolute atomic E-state index is 10.9. The van der Waals surface area contributed by atoms with Gasteiger partial charge in [-0.25, -0.2) is 4.79 Å². The number of nitrogens with zero attached hydrogens (tertiary/aromatic N) is 1. The van der Waals surface area contributed by atoms with Gasteiger partial charge in [0.25, 0.3) is 0 Å². The first-order chi connectivity index (χ1) is 7.59. The van der Waals surface area contributed by atoms with E-state index in [1.807, 2.05) is 0 Å². The number of hydrogen-bond donors (Lipinski definition) is 1. The van der Waals surface area contributed by atoms with E-state index in [2.05, 4.69) is 5.16 Å². The first kappa shape index (κ1) is 10.7. The molecule has 1 aromatic carbocycles. The number of hydrogen-bond acceptors (Lipinski definition) is 3. The third-order valence-electron chi connectivity index (χ3n) is 2.20. The maximum atomic E-state index is 10.9. The third-order valence-corrected chi connectivity index (χ3v) is 2.45. The number of aryl methyl sites for hydroxylation is 1. The van der Waals surface area contributed by atoms with Crippen molar-refractivity contribution < 1.29 is 14.4 Å². The quantitative estimate of drug-likeness (QED) is 0.872. The van der Waals surface area contributed by atoms with Crippen molar-refractivity contribution in [2.45, 2.75) is 6.92 Å². The lowest BCUT2D eigenvalue weighted by molar-refractivity contribution is 0.0686. The molecule has 0 aliphatic heterocycles. The zero-order valence-electron chi connectivity index (χ0n) is 8.40. The van der Waals surface area contributed by atoms with Crippen molar-refractivity contribution in [3.05, 3.63) is 40.7 Å². The van der Waals surface area contributed by atoms with Crippen LogP contribution < -0.4 is 0 Å². The molecule has 16 heavy (non-hydrogen) atoms. The smallest absolute Gasteiger partial charge is 0.358 e. The first-order valence-electron chi connectivity index (χ1n) is 4.55. The Hall–Kier alpha value is -1.81. The van der Waals surface area contributed by atoms with Gasteiger partial charge in [0.05, 0.1) is 5.56 Å². The van der Waals surface area contributed by atoms with E-state index >= 15 is 0 Å². The molecular formula is C11H8ClNO3. The predicted octanol–water partition coefficient (Wildman–Crippen LogP) is 3.00. The Morgan fingerprint density at radius 2 is 2.00 bits per heavy atom. The van der Waals surface area contributed by atoms with Gasteiger partial charge < -0.3 is 9.63 Å². The SMILES string of the molecule is Cc1onc(C(=O)O)c1-c1ccc(Cl)cc1. The van der Waals surface area contributed by atoms with Crippen LogP contribution in [0.4, 0.5) is 0 Å². The van der Waals surface area contributed by atoms with Crippen LogP contribution in [0.5, 0.6) is 0 Å². The van der Waals surface area contributed by atoms with Crippen LogP contribution in [0.2, 0.25) is 5.02 Å². The highest BCUT2D eigenvalue weighted by molar-refractivity contribution is 6.30. The van der Waals surface area contributed by atoms with Gasteiger partial charge in [-0.15, -0.1) is 0 Å². The Kier molecular flexibility index (Phi) is 2.66. The highest BCUT2D eigenvalue weighted by atomic mass is 35.5. The fourth-order valence-corrected chi connectivity index (χ4v) is 1.60. The number of benzene rings is 1. The van der Waals surface area contributed by atoms with Crippen LogP contribution in [-0.4, -0.2) is 16.2 Å². The summed E-state index contributed by atoms with van der Waals surface area (Å²) in [5.74, 6) is -0.637. The van der Waals surface area contributed by atoms with E-state index < -0.39 is 5.97 Å². The molecule has 0 saturated carbocycles. The van der Waals surface area contributed by atoms with E-state index in [0.29, 0.717) is 16.3 Å². The minimum Gasteiger partial charge on any atom is -0.476 e. The Balaban J connectivity index is 2.58. The molecule has 5 heteroatoms. The predicted molar refractivity (Wildman–Crippen MR) is 58.6 cm³/mol. The average molecular weight is 238 g/mol. The van der Waals surface area contributed by atoms with Gasteiger partial charge in [-0.1, -0.05) is 28.9 Å². The molecule has 0 fully saturated rings. The molecule has 2 rings (SSSR count). The Bertz CT molecular complexity index is 531. The molecular weight excluding hydrogens is 230 g/mol. The normalized spacial score (nSPS) is 10.4. The van der Waals surface area contributed by atoms with Crippen molar-refractivity contribution in [3.63, 3.8) is 0 Å². The van der Waals surface area contributed by atoms with Crippen LogP contribution in [0.3, 0.4) is 0 Å². The highest BCUT2D eigenvalue weighted by Gasteiger charge is 2.20. The molecule has 0 aliphatic rings. The Labute approximate surface area is 96.4 Å². The van der Waals surface area contributed by atoms with Crippen LogP contribution in [0.1, 0.15) is 16.2 Å². The van der Waals surface area contributed by atoms with Crippen molar-refractivity contribution in [3.8, 4) is 11.1 Å². The van der Waals surface area contributed by atoms with Gasteiger partial charge in [-0.05, 0) is 24.6 Å². The number of rotatable bonds is 2. The summed E-state index contributed by atoms with van der Waals surface area (Å²) >= 11 is 5.76. The number of halogens is 1. The largest absolute Gasteiger partial charge is 0.476 e. The average Bonchev–Trinajstić information content (AvgIpc) is 2.62. The summed E-state index contributed by atoms with van der Waals surface area (Å²) in [4.78, 5) is 10.9. The van der Waals surface area contributed by atoms with Crippen LogP contribution in [-0.2, 0) is 0 Å². The van der Waals surface area contributed by atoms with Crippen molar-refractivity contribution in [2.75, 3.05) is 0 Å². The van der Waals surface area contributed by atoms with Crippen molar-refractivity contribution >= 4 is 17.6 Å². The molecule has 0 atom stereocenters. The lowest BCUT2D eigenvalue weighted by Crippen LogP contribution is -1.98. The summed E-state index contributed by atoms with van der Waals surface area (Å²) in [6.45, 7) is 1.67. The van der Waals surface area contributed by atoms with Crippen LogP contribution >= 0.6 is 11.6 Å². The second-order valence-electron chi connectivity index (χ2n) is 3.27. The highest BCUT2D eigenvalue weighted by Crippen LogP contribution is 2.28. The summed E-state index contributed by atoms with van der Waals surface area (Å²) in [5, 5.41) is 13.0. The summed E-state index contributed by atoms with van der Waals surface area (Å²) in [5.41, 5.74) is 1.13. The molecule has 1 aromatic heterocycles. The van der Waals surface area contributed by atoms with Crippen molar-refractivity contribution in [2.24, 2.45) is 0 Å². The van der Waals surface area contributed by atoms with Gasteiger partial charge >= 0.3 is 5.97 Å². The Morgan fingerprint density at radius 3 is 2.56 bits per heavy atom. The van der Waals surface area contributed by atoms with Gasteiger partial charge in [-0.3, -0.25) is 0 Å². The minimum atomic E-state index is -1.11. The zero-order chi connectivity index (χ0) is 11.7. The van der Waals surface area contributed by atoms with E-state index in [4.69, 9.17) is 21.2 Å². The second-order valence-corrected chi connectivity index (χ2v) is 3.71. The van der Waals surface area contributed by atoms with Crippen LogP contribution in [0.25, 0.3) is 11.1 Å². The fraction of sp³-hybridized carbons (Fsp3) is 0.0909. The molecule has 0 amide bonds. The third kappa shape index (κ3) is 1.79. The number of aromatic carboxylic acids is 1. The zero-order valence-corrected chi connectivity index (χ0v) is 9.15. The fourth-order valence-electron chi connectivity index (χ4n) is 1.47. The molecule has 1 N–H and O–H groups in total.